The molecule has 29 heavy (non-hydrogen) atoms. The van der Waals surface area contributed by atoms with Gasteiger partial charge in [0.05, 0.1) is 18.8 Å². The van der Waals surface area contributed by atoms with Crippen molar-refractivity contribution in [3.63, 3.8) is 0 Å². The standard InChI is InChI=1S/C19H23N5O5/c1-10-4-11(5-12(14(10)25)17(26)27)7-24-2-3-28-9-19(8-24)6-13-15(20)22-18(21)23-16(13)29-19/h4-5,25H,2-3,6-9H2,1H3,(H,26,27)(H4,20,21,22,23)/t19-/m1/s1. The number of hydrogen-bond donors (Lipinski definition) is 4. The smallest absolute Gasteiger partial charge is 0.339 e. The lowest BCUT2D eigenvalue weighted by atomic mass is 9.97. The van der Waals surface area contributed by atoms with Crippen LogP contribution in [0.1, 0.15) is 27.0 Å². The minimum Gasteiger partial charge on any atom is -0.507 e. The Morgan fingerprint density at radius 2 is 2.14 bits per heavy atom. The zero-order valence-corrected chi connectivity index (χ0v) is 16.0. The lowest BCUT2D eigenvalue weighted by Crippen LogP contribution is -2.48. The maximum absolute atomic E-state index is 11.4. The fourth-order valence-corrected chi connectivity index (χ4v) is 3.97. The van der Waals surface area contributed by atoms with Crippen LogP contribution in [0.25, 0.3) is 0 Å². The molecule has 1 aromatic carbocycles. The van der Waals surface area contributed by atoms with Gasteiger partial charge in [-0.25, -0.2) is 4.79 Å². The summed E-state index contributed by atoms with van der Waals surface area (Å²) in [5.41, 5.74) is 12.9. The van der Waals surface area contributed by atoms with Gasteiger partial charge in [0.15, 0.2) is 5.60 Å². The van der Waals surface area contributed by atoms with E-state index in [2.05, 4.69) is 14.9 Å². The highest BCUT2D eigenvalue weighted by Gasteiger charge is 2.44. The third kappa shape index (κ3) is 3.64. The van der Waals surface area contributed by atoms with Crippen LogP contribution >= 0.6 is 0 Å². The predicted octanol–water partition coefficient (Wildman–Crippen LogP) is 0.559. The number of aryl methyl sites for hydroxylation is 1. The van der Waals surface area contributed by atoms with Gasteiger partial charge in [-0.3, -0.25) is 4.90 Å². The highest BCUT2D eigenvalue weighted by Crippen LogP contribution is 2.38. The number of aromatic hydroxyl groups is 1. The van der Waals surface area contributed by atoms with Crippen molar-refractivity contribution in [1.29, 1.82) is 0 Å². The van der Waals surface area contributed by atoms with Gasteiger partial charge in [0, 0.05) is 26.1 Å². The second-order valence-electron chi connectivity index (χ2n) is 7.59. The Morgan fingerprint density at radius 1 is 1.34 bits per heavy atom. The molecule has 1 spiro atoms. The van der Waals surface area contributed by atoms with E-state index in [-0.39, 0.29) is 17.3 Å². The quantitative estimate of drug-likeness (QED) is 0.573. The second-order valence-corrected chi connectivity index (χ2v) is 7.59. The SMILES string of the molecule is Cc1cc(CN2CCOC[C@@]3(Cc4c(N)nc(N)nc4O3)C2)cc(C(=O)O)c1O. The van der Waals surface area contributed by atoms with Gasteiger partial charge in [0.2, 0.25) is 11.8 Å². The lowest BCUT2D eigenvalue weighted by Gasteiger charge is -2.31. The Balaban J connectivity index is 1.58. The molecule has 6 N–H and O–H groups in total. The zero-order chi connectivity index (χ0) is 20.8. The van der Waals surface area contributed by atoms with E-state index in [0.717, 1.165) is 11.1 Å². The number of benzene rings is 1. The Morgan fingerprint density at radius 3 is 2.90 bits per heavy atom. The molecule has 4 rings (SSSR count). The lowest BCUT2D eigenvalue weighted by molar-refractivity contribution is -0.00265. The molecule has 1 saturated heterocycles. The van der Waals surface area contributed by atoms with Gasteiger partial charge in [0.1, 0.15) is 17.1 Å². The molecule has 154 valence electrons. The van der Waals surface area contributed by atoms with E-state index in [0.29, 0.717) is 56.5 Å². The van der Waals surface area contributed by atoms with E-state index < -0.39 is 11.6 Å². The average Bonchev–Trinajstić information content (AvgIpc) is 2.87. The number of anilines is 2. The number of carboxylic acids is 1. The van der Waals surface area contributed by atoms with Crippen LogP contribution in [0.3, 0.4) is 0 Å². The first kappa shape index (κ1) is 19.2. The van der Waals surface area contributed by atoms with E-state index in [1.807, 2.05) is 0 Å². The number of carboxylic acid groups (broad SMARTS) is 1. The number of carbonyl (C=O) groups is 1. The summed E-state index contributed by atoms with van der Waals surface area (Å²) in [4.78, 5) is 21.7. The van der Waals surface area contributed by atoms with Gasteiger partial charge >= 0.3 is 5.97 Å². The van der Waals surface area contributed by atoms with Crippen LogP contribution in [0, 0.1) is 6.92 Å². The third-order valence-corrected chi connectivity index (χ3v) is 5.26. The van der Waals surface area contributed by atoms with Crippen LogP contribution in [0.4, 0.5) is 11.8 Å². The monoisotopic (exact) mass is 401 g/mol. The largest absolute Gasteiger partial charge is 0.507 e. The third-order valence-electron chi connectivity index (χ3n) is 5.26. The van der Waals surface area contributed by atoms with Gasteiger partial charge in [-0.1, -0.05) is 6.07 Å². The van der Waals surface area contributed by atoms with Gasteiger partial charge in [0.25, 0.3) is 0 Å². The Kier molecular flexibility index (Phi) is 4.67. The molecule has 10 nitrogen and oxygen atoms in total. The maximum atomic E-state index is 11.4. The molecular formula is C19H23N5O5. The fraction of sp³-hybridized carbons (Fsp3) is 0.421. The first-order valence-electron chi connectivity index (χ1n) is 9.23. The summed E-state index contributed by atoms with van der Waals surface area (Å²) in [6.07, 6.45) is 0.500. The molecule has 0 amide bonds. The molecule has 0 aliphatic carbocycles. The summed E-state index contributed by atoms with van der Waals surface area (Å²) in [6, 6.07) is 3.28. The summed E-state index contributed by atoms with van der Waals surface area (Å²) < 4.78 is 11.9. The molecule has 1 aromatic heterocycles. The summed E-state index contributed by atoms with van der Waals surface area (Å²) in [7, 11) is 0. The summed E-state index contributed by atoms with van der Waals surface area (Å²) >= 11 is 0. The number of hydrogen-bond acceptors (Lipinski definition) is 9. The maximum Gasteiger partial charge on any atom is 0.339 e. The van der Waals surface area contributed by atoms with Crippen molar-refractivity contribution >= 4 is 17.7 Å². The first-order chi connectivity index (χ1) is 13.8. The number of rotatable bonds is 3. The number of nitrogens with zero attached hydrogens (tertiary/aromatic N) is 3. The van der Waals surface area contributed by atoms with Crippen molar-refractivity contribution in [2.75, 3.05) is 37.8 Å². The molecule has 2 aromatic rings. The Hall–Kier alpha value is -3.11. The highest BCUT2D eigenvalue weighted by atomic mass is 16.6. The van der Waals surface area contributed by atoms with E-state index in [1.54, 1.807) is 13.0 Å². The van der Waals surface area contributed by atoms with Crippen LogP contribution in [-0.2, 0) is 17.7 Å². The summed E-state index contributed by atoms with van der Waals surface area (Å²) in [5.74, 6) is -0.623. The number of nitrogen functional groups attached to an aromatic ring is 2. The van der Waals surface area contributed by atoms with Crippen LogP contribution in [0.5, 0.6) is 11.6 Å². The minimum atomic E-state index is -1.16. The number of nitrogens with two attached hydrogens (primary N) is 2. The first-order valence-corrected chi connectivity index (χ1v) is 9.23. The van der Waals surface area contributed by atoms with Gasteiger partial charge in [-0.05, 0) is 24.1 Å². The Labute approximate surface area is 167 Å². The average molecular weight is 401 g/mol. The number of aromatic nitrogens is 2. The predicted molar refractivity (Wildman–Crippen MR) is 104 cm³/mol. The molecule has 3 heterocycles. The molecular weight excluding hydrogens is 378 g/mol. The van der Waals surface area contributed by atoms with Crippen LogP contribution in [0.15, 0.2) is 12.1 Å². The minimum absolute atomic E-state index is 0.0606. The van der Waals surface area contributed by atoms with Crippen molar-refractivity contribution in [3.05, 3.63) is 34.4 Å². The normalized spacial score (nSPS) is 21.6. The molecule has 10 heteroatoms. The summed E-state index contributed by atoms with van der Waals surface area (Å²) in [5, 5.41) is 19.3. The number of ether oxygens (including phenoxy) is 2. The summed E-state index contributed by atoms with van der Waals surface area (Å²) in [6.45, 7) is 4.22. The number of phenols is 1. The molecule has 0 unspecified atom stereocenters. The van der Waals surface area contributed by atoms with Crippen LogP contribution < -0.4 is 16.2 Å². The molecule has 1 fully saturated rings. The van der Waals surface area contributed by atoms with Crippen molar-refractivity contribution in [2.24, 2.45) is 0 Å². The highest BCUT2D eigenvalue weighted by molar-refractivity contribution is 5.91. The van der Waals surface area contributed by atoms with Crippen molar-refractivity contribution in [3.8, 4) is 11.6 Å². The molecule has 2 aliphatic rings. The number of fused-ring (bicyclic) bond motifs is 1. The van der Waals surface area contributed by atoms with E-state index in [9.17, 15) is 15.0 Å². The topological polar surface area (TPSA) is 157 Å². The van der Waals surface area contributed by atoms with E-state index >= 15 is 0 Å². The van der Waals surface area contributed by atoms with Gasteiger partial charge in [-0.2, -0.15) is 9.97 Å². The fourth-order valence-electron chi connectivity index (χ4n) is 3.97. The van der Waals surface area contributed by atoms with Crippen molar-refractivity contribution < 1.29 is 24.5 Å². The zero-order valence-electron chi connectivity index (χ0n) is 16.0. The Bertz CT molecular complexity index is 982. The van der Waals surface area contributed by atoms with Crippen LogP contribution in [0.2, 0.25) is 0 Å². The van der Waals surface area contributed by atoms with Crippen LogP contribution in [-0.4, -0.2) is 63.0 Å². The molecule has 1 atom stereocenters. The molecule has 0 bridgehead atoms. The van der Waals surface area contributed by atoms with Gasteiger partial charge < -0.3 is 31.2 Å². The van der Waals surface area contributed by atoms with E-state index in [1.165, 1.54) is 6.07 Å². The van der Waals surface area contributed by atoms with Crippen molar-refractivity contribution in [2.45, 2.75) is 25.5 Å². The number of aromatic carboxylic acids is 1. The second kappa shape index (κ2) is 7.05. The van der Waals surface area contributed by atoms with Gasteiger partial charge in [-0.15, -0.1) is 0 Å². The molecule has 2 aliphatic heterocycles. The molecule has 0 saturated carbocycles. The molecule has 0 radical (unpaired) electrons. The van der Waals surface area contributed by atoms with E-state index in [4.69, 9.17) is 20.9 Å². The van der Waals surface area contributed by atoms with Crippen molar-refractivity contribution in [1.82, 2.24) is 14.9 Å².